The van der Waals surface area contributed by atoms with Crippen LogP contribution in [0.3, 0.4) is 0 Å². The summed E-state index contributed by atoms with van der Waals surface area (Å²) in [5, 5.41) is 3.75. The van der Waals surface area contributed by atoms with Crippen LogP contribution >= 0.6 is 22.9 Å². The molecule has 1 heterocycles. The van der Waals surface area contributed by atoms with Crippen molar-refractivity contribution in [2.45, 2.75) is 26.4 Å². The Balaban J connectivity index is 1.99. The lowest BCUT2D eigenvalue weighted by molar-refractivity contribution is 0.549. The van der Waals surface area contributed by atoms with Crippen LogP contribution in [0, 0.1) is 12.7 Å². The second-order valence-corrected chi connectivity index (χ2v) is 6.04. The van der Waals surface area contributed by atoms with E-state index in [4.69, 9.17) is 11.6 Å². The van der Waals surface area contributed by atoms with Gasteiger partial charge >= 0.3 is 0 Å². The van der Waals surface area contributed by atoms with Crippen LogP contribution in [0.2, 0.25) is 5.02 Å². The van der Waals surface area contributed by atoms with Gasteiger partial charge in [0.25, 0.3) is 0 Å². The molecule has 0 saturated carbocycles. The summed E-state index contributed by atoms with van der Waals surface area (Å²) in [4.78, 5) is 2.55. The van der Waals surface area contributed by atoms with Gasteiger partial charge in [0, 0.05) is 32.9 Å². The molecule has 18 heavy (non-hydrogen) atoms. The molecule has 4 heteroatoms. The lowest BCUT2D eigenvalue weighted by atomic mass is 10.2. The summed E-state index contributed by atoms with van der Waals surface area (Å²) in [5.41, 5.74) is 0.638. The van der Waals surface area contributed by atoms with Gasteiger partial charge < -0.3 is 5.32 Å². The smallest absolute Gasteiger partial charge is 0.129 e. The molecule has 1 aromatic heterocycles. The normalized spacial score (nSPS) is 12.7. The zero-order valence-corrected chi connectivity index (χ0v) is 11.9. The molecular weight excluding hydrogens is 269 g/mol. The Labute approximate surface area is 116 Å². The van der Waals surface area contributed by atoms with E-state index in [2.05, 4.69) is 31.3 Å². The van der Waals surface area contributed by atoms with Gasteiger partial charge in [-0.15, -0.1) is 11.3 Å². The SMILES string of the molecule is Cc1ccc(C(C)NCc2ccc(Cl)cc2F)s1. The van der Waals surface area contributed by atoms with Crippen LogP contribution in [0.25, 0.3) is 0 Å². The van der Waals surface area contributed by atoms with Crippen molar-refractivity contribution in [1.29, 1.82) is 0 Å². The predicted molar refractivity (Wildman–Crippen MR) is 75.7 cm³/mol. The molecule has 1 unspecified atom stereocenters. The number of benzene rings is 1. The lowest BCUT2D eigenvalue weighted by Gasteiger charge is -2.12. The Kier molecular flexibility index (Phi) is 4.38. The van der Waals surface area contributed by atoms with Crippen molar-refractivity contribution < 1.29 is 4.39 Å². The van der Waals surface area contributed by atoms with E-state index in [9.17, 15) is 4.39 Å². The van der Waals surface area contributed by atoms with E-state index < -0.39 is 0 Å². The Bertz CT molecular complexity index is 538. The van der Waals surface area contributed by atoms with Crippen LogP contribution in [0.1, 0.15) is 28.3 Å². The first kappa shape index (κ1) is 13.5. The standard InChI is InChI=1S/C14H15ClFNS/c1-9-3-6-14(18-9)10(2)17-8-11-4-5-12(15)7-13(11)16/h3-7,10,17H,8H2,1-2H3. The van der Waals surface area contributed by atoms with Crippen LogP contribution < -0.4 is 5.32 Å². The van der Waals surface area contributed by atoms with Crippen LogP contribution in [-0.4, -0.2) is 0 Å². The fourth-order valence-electron chi connectivity index (χ4n) is 1.71. The number of aryl methyl sites for hydroxylation is 1. The molecule has 0 saturated heterocycles. The van der Waals surface area contributed by atoms with Crippen LogP contribution in [0.15, 0.2) is 30.3 Å². The van der Waals surface area contributed by atoms with E-state index in [0.717, 1.165) is 0 Å². The zero-order chi connectivity index (χ0) is 13.1. The van der Waals surface area contributed by atoms with Gasteiger partial charge in [0.15, 0.2) is 0 Å². The molecule has 1 nitrogen and oxygen atoms in total. The highest BCUT2D eigenvalue weighted by Gasteiger charge is 2.09. The summed E-state index contributed by atoms with van der Waals surface area (Å²) in [6.07, 6.45) is 0. The molecule has 0 aliphatic rings. The summed E-state index contributed by atoms with van der Waals surface area (Å²) in [5.74, 6) is -0.260. The number of halogens is 2. The molecule has 2 rings (SSSR count). The Hall–Kier alpha value is -0.900. The third kappa shape index (κ3) is 3.31. The van der Waals surface area contributed by atoms with E-state index in [-0.39, 0.29) is 11.9 Å². The van der Waals surface area contributed by atoms with Gasteiger partial charge in [-0.05, 0) is 38.1 Å². The first-order valence-corrected chi connectivity index (χ1v) is 6.99. The average Bonchev–Trinajstić information content (AvgIpc) is 2.74. The number of rotatable bonds is 4. The highest BCUT2D eigenvalue weighted by atomic mass is 35.5. The minimum absolute atomic E-state index is 0.221. The van der Waals surface area contributed by atoms with Crippen LogP contribution in [0.4, 0.5) is 4.39 Å². The maximum absolute atomic E-state index is 13.6. The minimum atomic E-state index is -0.260. The van der Waals surface area contributed by atoms with Crippen LogP contribution in [0.5, 0.6) is 0 Å². The second-order valence-electron chi connectivity index (χ2n) is 4.29. The van der Waals surface area contributed by atoms with Gasteiger partial charge in [0.05, 0.1) is 0 Å². The molecule has 2 aromatic rings. The molecule has 0 amide bonds. The van der Waals surface area contributed by atoms with Crippen molar-refractivity contribution in [2.75, 3.05) is 0 Å². The van der Waals surface area contributed by atoms with E-state index in [1.807, 2.05) is 0 Å². The number of hydrogen-bond acceptors (Lipinski definition) is 2. The third-order valence-electron chi connectivity index (χ3n) is 2.80. The monoisotopic (exact) mass is 283 g/mol. The van der Waals surface area contributed by atoms with Gasteiger partial charge in [-0.2, -0.15) is 0 Å². The first-order valence-electron chi connectivity index (χ1n) is 5.80. The largest absolute Gasteiger partial charge is 0.305 e. The van der Waals surface area contributed by atoms with E-state index >= 15 is 0 Å². The second kappa shape index (κ2) is 5.83. The van der Waals surface area contributed by atoms with E-state index in [1.165, 1.54) is 15.8 Å². The molecule has 1 atom stereocenters. The molecular formula is C14H15ClFNS. The maximum atomic E-state index is 13.6. The number of hydrogen-bond donors (Lipinski definition) is 1. The summed E-state index contributed by atoms with van der Waals surface area (Å²) < 4.78 is 13.6. The fourth-order valence-corrected chi connectivity index (χ4v) is 2.78. The summed E-state index contributed by atoms with van der Waals surface area (Å²) in [6, 6.07) is 9.20. The fraction of sp³-hybridized carbons (Fsp3) is 0.286. The summed E-state index contributed by atoms with van der Waals surface area (Å²) in [7, 11) is 0. The molecule has 1 N–H and O–H groups in total. The highest BCUT2D eigenvalue weighted by Crippen LogP contribution is 2.23. The first-order chi connectivity index (χ1) is 8.56. The zero-order valence-electron chi connectivity index (χ0n) is 10.3. The van der Waals surface area contributed by atoms with Gasteiger partial charge in [-0.25, -0.2) is 4.39 Å². The van der Waals surface area contributed by atoms with Crippen LogP contribution in [-0.2, 0) is 6.54 Å². The van der Waals surface area contributed by atoms with Crippen molar-refractivity contribution in [3.8, 4) is 0 Å². The number of thiophene rings is 1. The molecule has 0 bridgehead atoms. The molecule has 0 radical (unpaired) electrons. The van der Waals surface area contributed by atoms with Gasteiger partial charge in [-0.3, -0.25) is 0 Å². The van der Waals surface area contributed by atoms with Crippen molar-refractivity contribution in [2.24, 2.45) is 0 Å². The van der Waals surface area contributed by atoms with Gasteiger partial charge in [-0.1, -0.05) is 17.7 Å². The highest BCUT2D eigenvalue weighted by molar-refractivity contribution is 7.12. The molecule has 0 aliphatic heterocycles. The Morgan fingerprint density at radius 3 is 2.72 bits per heavy atom. The van der Waals surface area contributed by atoms with Crippen molar-refractivity contribution in [3.05, 3.63) is 56.5 Å². The predicted octanol–water partition coefficient (Wildman–Crippen LogP) is 4.70. The topological polar surface area (TPSA) is 12.0 Å². The molecule has 0 aliphatic carbocycles. The number of nitrogens with one attached hydrogen (secondary N) is 1. The van der Waals surface area contributed by atoms with E-state index in [0.29, 0.717) is 17.1 Å². The Morgan fingerprint density at radius 1 is 1.33 bits per heavy atom. The summed E-state index contributed by atoms with van der Waals surface area (Å²) in [6.45, 7) is 4.67. The molecule has 0 fully saturated rings. The van der Waals surface area contributed by atoms with Crippen molar-refractivity contribution in [3.63, 3.8) is 0 Å². The van der Waals surface area contributed by atoms with E-state index in [1.54, 1.807) is 23.5 Å². The minimum Gasteiger partial charge on any atom is -0.305 e. The third-order valence-corrected chi connectivity index (χ3v) is 4.22. The quantitative estimate of drug-likeness (QED) is 0.858. The lowest BCUT2D eigenvalue weighted by Crippen LogP contribution is -2.17. The molecule has 96 valence electrons. The van der Waals surface area contributed by atoms with Gasteiger partial charge in [0.1, 0.15) is 5.82 Å². The maximum Gasteiger partial charge on any atom is 0.129 e. The average molecular weight is 284 g/mol. The summed E-state index contributed by atoms with van der Waals surface area (Å²) >= 11 is 7.48. The van der Waals surface area contributed by atoms with Crippen molar-refractivity contribution >= 4 is 22.9 Å². The molecule has 0 spiro atoms. The van der Waals surface area contributed by atoms with Gasteiger partial charge in [0.2, 0.25) is 0 Å². The Morgan fingerprint density at radius 2 is 2.11 bits per heavy atom. The molecule has 1 aromatic carbocycles. The van der Waals surface area contributed by atoms with Crippen molar-refractivity contribution in [1.82, 2.24) is 5.32 Å².